The average Bonchev–Trinajstić information content (AvgIpc) is 2.10. The van der Waals surface area contributed by atoms with Gasteiger partial charge in [0.1, 0.15) is 11.4 Å². The number of carboxylic acid groups (broad SMARTS) is 1. The maximum absolute atomic E-state index is 13.2. The highest BCUT2D eigenvalue weighted by Gasteiger charge is 2.19. The minimum Gasteiger partial charge on any atom is -0.478 e. The van der Waals surface area contributed by atoms with E-state index < -0.39 is 28.9 Å². The Bertz CT molecular complexity index is 434. The Kier molecular flexibility index (Phi) is 3.26. The molecule has 80 valence electrons. The van der Waals surface area contributed by atoms with E-state index in [2.05, 4.69) is 5.32 Å². The number of nitrogens with one attached hydrogen (secondary N) is 1. The number of amides is 1. The van der Waals surface area contributed by atoms with Crippen LogP contribution in [0.15, 0.2) is 12.1 Å². The molecule has 0 unspecified atom stereocenters. The van der Waals surface area contributed by atoms with E-state index in [0.717, 1.165) is 19.1 Å². The summed E-state index contributed by atoms with van der Waals surface area (Å²) in [6, 6.07) is 2.10. The van der Waals surface area contributed by atoms with Gasteiger partial charge in [0.25, 0.3) is 0 Å². The number of anilines is 1. The number of halogens is 2. The molecule has 15 heavy (non-hydrogen) atoms. The van der Waals surface area contributed by atoms with E-state index >= 15 is 0 Å². The van der Waals surface area contributed by atoms with Gasteiger partial charge < -0.3 is 10.4 Å². The normalized spacial score (nSPS) is 9.80. The topological polar surface area (TPSA) is 66.4 Å². The van der Waals surface area contributed by atoms with E-state index in [4.69, 9.17) is 16.7 Å². The zero-order chi connectivity index (χ0) is 11.6. The van der Waals surface area contributed by atoms with Crippen LogP contribution in [0.5, 0.6) is 0 Å². The van der Waals surface area contributed by atoms with Crippen LogP contribution in [0.3, 0.4) is 0 Å². The Hall–Kier alpha value is -1.62. The van der Waals surface area contributed by atoms with Crippen molar-refractivity contribution in [2.75, 3.05) is 5.32 Å². The quantitative estimate of drug-likeness (QED) is 0.820. The van der Waals surface area contributed by atoms with Gasteiger partial charge in [-0.3, -0.25) is 4.79 Å². The highest BCUT2D eigenvalue weighted by Crippen LogP contribution is 2.27. The molecule has 0 spiro atoms. The number of carbonyl (C=O) groups is 2. The van der Waals surface area contributed by atoms with E-state index in [1.165, 1.54) is 0 Å². The summed E-state index contributed by atoms with van der Waals surface area (Å²) >= 11 is 5.58. The van der Waals surface area contributed by atoms with Crippen LogP contribution in [0, 0.1) is 5.82 Å². The summed E-state index contributed by atoms with van der Waals surface area (Å²) in [4.78, 5) is 21.5. The van der Waals surface area contributed by atoms with Gasteiger partial charge in [0.05, 0.1) is 10.7 Å². The van der Waals surface area contributed by atoms with Crippen LogP contribution < -0.4 is 5.32 Å². The Balaban J connectivity index is 3.38. The predicted octanol–water partition coefficient (Wildman–Crippen LogP) is 2.14. The zero-order valence-corrected chi connectivity index (χ0v) is 8.43. The van der Waals surface area contributed by atoms with Gasteiger partial charge in [-0.1, -0.05) is 11.6 Å². The predicted molar refractivity (Wildman–Crippen MR) is 52.7 cm³/mol. The molecule has 0 saturated heterocycles. The molecule has 2 N–H and O–H groups in total. The standard InChI is InChI=1S/C9H7ClFNO3/c1-4(13)12-8-6(11)3-2-5(10)7(8)9(14)15/h2-3H,1H3,(H,12,13)(H,14,15). The Morgan fingerprint density at radius 2 is 2.07 bits per heavy atom. The minimum atomic E-state index is -1.40. The molecular formula is C9H7ClFNO3. The fourth-order valence-corrected chi connectivity index (χ4v) is 1.30. The first-order valence-corrected chi connectivity index (χ1v) is 4.30. The lowest BCUT2D eigenvalue weighted by molar-refractivity contribution is -0.114. The second-order valence-corrected chi connectivity index (χ2v) is 3.17. The fraction of sp³-hybridized carbons (Fsp3) is 0.111. The summed E-state index contributed by atoms with van der Waals surface area (Å²) in [5, 5.41) is 10.7. The fourth-order valence-electron chi connectivity index (χ4n) is 1.06. The lowest BCUT2D eigenvalue weighted by Gasteiger charge is -2.08. The molecule has 6 heteroatoms. The number of carboxylic acids is 1. The van der Waals surface area contributed by atoms with Crippen molar-refractivity contribution in [1.29, 1.82) is 0 Å². The van der Waals surface area contributed by atoms with Crippen LogP contribution in [0.1, 0.15) is 17.3 Å². The molecule has 0 saturated carbocycles. The van der Waals surface area contributed by atoms with Gasteiger partial charge in [-0.25, -0.2) is 9.18 Å². The van der Waals surface area contributed by atoms with E-state index in [1.54, 1.807) is 0 Å². The molecule has 1 aromatic rings. The van der Waals surface area contributed by atoms with Gasteiger partial charge in [-0.05, 0) is 12.1 Å². The van der Waals surface area contributed by atoms with E-state index in [1.807, 2.05) is 0 Å². The maximum Gasteiger partial charge on any atom is 0.339 e. The molecule has 1 rings (SSSR count). The average molecular weight is 232 g/mol. The third-order valence-corrected chi connectivity index (χ3v) is 1.93. The molecule has 0 aromatic heterocycles. The molecule has 0 aliphatic heterocycles. The summed E-state index contributed by atoms with van der Waals surface area (Å²) in [6.45, 7) is 1.14. The molecule has 0 fully saturated rings. The smallest absolute Gasteiger partial charge is 0.339 e. The molecule has 4 nitrogen and oxygen atoms in total. The number of carbonyl (C=O) groups excluding carboxylic acids is 1. The number of rotatable bonds is 2. The number of hydrogen-bond acceptors (Lipinski definition) is 2. The van der Waals surface area contributed by atoms with Gasteiger partial charge in [0.2, 0.25) is 5.91 Å². The molecule has 0 bridgehead atoms. The molecule has 1 amide bonds. The van der Waals surface area contributed by atoms with Gasteiger partial charge in [0.15, 0.2) is 0 Å². The number of hydrogen-bond donors (Lipinski definition) is 2. The molecule has 0 aliphatic rings. The third-order valence-electron chi connectivity index (χ3n) is 1.62. The summed E-state index contributed by atoms with van der Waals surface area (Å²) in [7, 11) is 0. The number of aromatic carboxylic acids is 1. The van der Waals surface area contributed by atoms with E-state index in [9.17, 15) is 14.0 Å². The van der Waals surface area contributed by atoms with Crippen LogP contribution >= 0.6 is 11.6 Å². The van der Waals surface area contributed by atoms with Crippen molar-refractivity contribution in [2.45, 2.75) is 6.92 Å². The largest absolute Gasteiger partial charge is 0.478 e. The SMILES string of the molecule is CC(=O)Nc1c(F)ccc(Cl)c1C(=O)O. The Morgan fingerprint density at radius 1 is 1.47 bits per heavy atom. The first-order chi connectivity index (χ1) is 6.93. The van der Waals surface area contributed by atoms with Gasteiger partial charge in [-0.2, -0.15) is 0 Å². The first kappa shape index (κ1) is 11.5. The van der Waals surface area contributed by atoms with Crippen molar-refractivity contribution in [2.24, 2.45) is 0 Å². The summed E-state index contributed by atoms with van der Waals surface area (Å²) in [6.07, 6.45) is 0. The Labute approximate surface area is 89.7 Å². The van der Waals surface area contributed by atoms with E-state index in [0.29, 0.717) is 0 Å². The van der Waals surface area contributed by atoms with Crippen molar-refractivity contribution < 1.29 is 19.1 Å². The molecular weight excluding hydrogens is 225 g/mol. The molecule has 0 aliphatic carbocycles. The summed E-state index contributed by atoms with van der Waals surface area (Å²) in [5.41, 5.74) is -0.866. The first-order valence-electron chi connectivity index (χ1n) is 3.92. The lowest BCUT2D eigenvalue weighted by atomic mass is 10.1. The molecule has 0 radical (unpaired) electrons. The van der Waals surface area contributed by atoms with Crippen molar-refractivity contribution in [3.05, 3.63) is 28.5 Å². The van der Waals surface area contributed by atoms with Crippen LogP contribution in [-0.4, -0.2) is 17.0 Å². The zero-order valence-electron chi connectivity index (χ0n) is 7.67. The highest BCUT2D eigenvalue weighted by molar-refractivity contribution is 6.34. The molecule has 0 heterocycles. The van der Waals surface area contributed by atoms with Gasteiger partial charge >= 0.3 is 5.97 Å². The van der Waals surface area contributed by atoms with E-state index in [-0.39, 0.29) is 5.02 Å². The summed E-state index contributed by atoms with van der Waals surface area (Å²) < 4.78 is 13.2. The number of benzene rings is 1. The monoisotopic (exact) mass is 231 g/mol. The second-order valence-electron chi connectivity index (χ2n) is 2.77. The lowest BCUT2D eigenvalue weighted by Crippen LogP contribution is -2.13. The molecule has 0 atom stereocenters. The van der Waals surface area contributed by atoms with Crippen LogP contribution in [-0.2, 0) is 4.79 Å². The van der Waals surface area contributed by atoms with Crippen LogP contribution in [0.4, 0.5) is 10.1 Å². The van der Waals surface area contributed by atoms with Crippen molar-refractivity contribution >= 4 is 29.2 Å². The second kappa shape index (κ2) is 4.27. The van der Waals surface area contributed by atoms with Gasteiger partial charge in [-0.15, -0.1) is 0 Å². The highest BCUT2D eigenvalue weighted by atomic mass is 35.5. The van der Waals surface area contributed by atoms with Crippen molar-refractivity contribution in [3.63, 3.8) is 0 Å². The molecule has 1 aromatic carbocycles. The maximum atomic E-state index is 13.2. The van der Waals surface area contributed by atoms with Crippen LogP contribution in [0.25, 0.3) is 0 Å². The van der Waals surface area contributed by atoms with Crippen molar-refractivity contribution in [1.82, 2.24) is 0 Å². The van der Waals surface area contributed by atoms with Gasteiger partial charge in [0, 0.05) is 6.92 Å². The Morgan fingerprint density at radius 3 is 2.53 bits per heavy atom. The minimum absolute atomic E-state index is 0.132. The van der Waals surface area contributed by atoms with Crippen LogP contribution in [0.2, 0.25) is 5.02 Å². The summed E-state index contributed by atoms with van der Waals surface area (Å²) in [5.74, 6) is -2.81. The third kappa shape index (κ3) is 2.44. The van der Waals surface area contributed by atoms with Crippen molar-refractivity contribution in [3.8, 4) is 0 Å².